The van der Waals surface area contributed by atoms with Gasteiger partial charge in [0, 0.05) is 28.7 Å². The SMILES string of the molecule is CC[Si](CC)(CC)c1cc2cccnc2n1Cl. The molecule has 0 atom stereocenters. The van der Waals surface area contributed by atoms with Gasteiger partial charge in [-0.25, -0.2) is 9.07 Å². The molecule has 0 unspecified atom stereocenters. The summed E-state index contributed by atoms with van der Waals surface area (Å²) in [7, 11) is -1.43. The van der Waals surface area contributed by atoms with Crippen LogP contribution in [0.15, 0.2) is 24.4 Å². The molecule has 2 rings (SSSR count). The van der Waals surface area contributed by atoms with E-state index in [0.29, 0.717) is 0 Å². The highest BCUT2D eigenvalue weighted by Gasteiger charge is 2.33. The monoisotopic (exact) mass is 266 g/mol. The Labute approximate surface area is 109 Å². The number of hydrogen-bond acceptors (Lipinski definition) is 1. The maximum Gasteiger partial charge on any atom is 0.154 e. The molecule has 0 N–H and O–H groups in total. The van der Waals surface area contributed by atoms with Gasteiger partial charge in [0.15, 0.2) is 5.65 Å². The summed E-state index contributed by atoms with van der Waals surface area (Å²) in [6.07, 6.45) is 1.80. The van der Waals surface area contributed by atoms with Gasteiger partial charge in [-0.1, -0.05) is 38.9 Å². The van der Waals surface area contributed by atoms with Crippen LogP contribution < -0.4 is 5.32 Å². The highest BCUT2D eigenvalue weighted by molar-refractivity contribution is 6.91. The summed E-state index contributed by atoms with van der Waals surface area (Å²) >= 11 is 6.47. The molecule has 2 heterocycles. The summed E-state index contributed by atoms with van der Waals surface area (Å²) in [5.74, 6) is 0. The molecule has 2 aromatic rings. The quantitative estimate of drug-likeness (QED) is 0.771. The number of hydrogen-bond donors (Lipinski definition) is 0. The van der Waals surface area contributed by atoms with Gasteiger partial charge in [-0.05, 0) is 18.2 Å². The highest BCUT2D eigenvalue weighted by atomic mass is 35.5. The average Bonchev–Trinajstić information content (AvgIpc) is 2.72. The zero-order valence-corrected chi connectivity index (χ0v) is 12.5. The molecule has 0 aliphatic rings. The topological polar surface area (TPSA) is 17.8 Å². The Kier molecular flexibility index (Phi) is 3.59. The van der Waals surface area contributed by atoms with E-state index in [-0.39, 0.29) is 0 Å². The van der Waals surface area contributed by atoms with E-state index in [2.05, 4.69) is 37.9 Å². The summed E-state index contributed by atoms with van der Waals surface area (Å²) in [4.78, 5) is 4.37. The van der Waals surface area contributed by atoms with Crippen LogP contribution in [0.1, 0.15) is 20.8 Å². The molecule has 4 heteroatoms. The number of pyridine rings is 1. The minimum absolute atomic E-state index is 0.899. The third-order valence-corrected chi connectivity index (χ3v) is 10.1. The number of halogens is 1. The molecule has 92 valence electrons. The van der Waals surface area contributed by atoms with Gasteiger partial charge in [-0.2, -0.15) is 0 Å². The van der Waals surface area contributed by atoms with Crippen molar-refractivity contribution in [1.29, 1.82) is 0 Å². The predicted molar refractivity (Wildman–Crippen MR) is 77.8 cm³/mol. The fraction of sp³-hybridized carbons (Fsp3) is 0.462. The molecular formula is C13H19ClN2Si. The lowest BCUT2D eigenvalue weighted by molar-refractivity contribution is 1.16. The van der Waals surface area contributed by atoms with E-state index in [0.717, 1.165) is 11.0 Å². The summed E-state index contributed by atoms with van der Waals surface area (Å²) < 4.78 is 1.80. The van der Waals surface area contributed by atoms with Crippen LogP contribution in [-0.2, 0) is 0 Å². The second kappa shape index (κ2) is 4.82. The summed E-state index contributed by atoms with van der Waals surface area (Å²) in [6.45, 7) is 6.88. The van der Waals surface area contributed by atoms with Gasteiger partial charge in [-0.3, -0.25) is 0 Å². The van der Waals surface area contributed by atoms with Crippen molar-refractivity contribution in [3.05, 3.63) is 24.4 Å². The van der Waals surface area contributed by atoms with Crippen LogP contribution in [0.5, 0.6) is 0 Å². The molecule has 2 aromatic heterocycles. The lowest BCUT2D eigenvalue weighted by Gasteiger charge is -2.27. The van der Waals surface area contributed by atoms with Crippen molar-refractivity contribution in [1.82, 2.24) is 9.07 Å². The molecule has 0 saturated carbocycles. The summed E-state index contributed by atoms with van der Waals surface area (Å²) in [5, 5.41) is 2.49. The van der Waals surface area contributed by atoms with Crippen molar-refractivity contribution < 1.29 is 0 Å². The fourth-order valence-corrected chi connectivity index (χ4v) is 6.96. The Balaban J connectivity index is 2.65. The second-order valence-corrected chi connectivity index (χ2v) is 10.1. The number of rotatable bonds is 4. The van der Waals surface area contributed by atoms with Gasteiger partial charge in [0.05, 0.1) is 0 Å². The van der Waals surface area contributed by atoms with Gasteiger partial charge in [0.25, 0.3) is 0 Å². The molecule has 0 radical (unpaired) electrons. The smallest absolute Gasteiger partial charge is 0.154 e. The minimum atomic E-state index is -1.43. The van der Waals surface area contributed by atoms with E-state index in [1.165, 1.54) is 23.4 Å². The standard InChI is InChI=1S/C13H19ClN2Si/c1-4-17(5-2,6-3)12-10-11-8-7-9-15-13(11)16(12)14/h7-10H,4-6H2,1-3H3. The predicted octanol–water partition coefficient (Wildman–Crippen LogP) is 3.75. The van der Waals surface area contributed by atoms with Crippen LogP contribution in [-0.4, -0.2) is 17.1 Å². The van der Waals surface area contributed by atoms with Gasteiger partial charge in [-0.15, -0.1) is 0 Å². The maximum absolute atomic E-state index is 6.47. The lowest BCUT2D eigenvalue weighted by atomic mass is 10.3. The first kappa shape index (κ1) is 12.6. The molecule has 0 bridgehead atoms. The first-order chi connectivity index (χ1) is 8.18. The molecule has 0 aliphatic heterocycles. The molecule has 0 aliphatic carbocycles. The van der Waals surface area contributed by atoms with E-state index in [9.17, 15) is 0 Å². The molecule has 0 saturated heterocycles. The van der Waals surface area contributed by atoms with Crippen LogP contribution >= 0.6 is 11.8 Å². The van der Waals surface area contributed by atoms with Crippen molar-refractivity contribution in [2.75, 3.05) is 0 Å². The van der Waals surface area contributed by atoms with Gasteiger partial charge < -0.3 is 0 Å². The van der Waals surface area contributed by atoms with Gasteiger partial charge in [0.2, 0.25) is 0 Å². The van der Waals surface area contributed by atoms with Crippen molar-refractivity contribution in [3.63, 3.8) is 0 Å². The number of aromatic nitrogens is 2. The zero-order chi connectivity index (χ0) is 12.5. The Morgan fingerprint density at radius 3 is 2.41 bits per heavy atom. The minimum Gasteiger partial charge on any atom is -0.244 e. The third-order valence-electron chi connectivity index (χ3n) is 4.08. The molecule has 17 heavy (non-hydrogen) atoms. The first-order valence-electron chi connectivity index (χ1n) is 6.31. The van der Waals surface area contributed by atoms with Crippen molar-refractivity contribution in [2.24, 2.45) is 0 Å². The van der Waals surface area contributed by atoms with Crippen LogP contribution in [0.2, 0.25) is 18.1 Å². The molecule has 0 spiro atoms. The van der Waals surface area contributed by atoms with Crippen LogP contribution in [0, 0.1) is 0 Å². The normalized spacial score (nSPS) is 12.2. The van der Waals surface area contributed by atoms with E-state index in [1.807, 2.05) is 6.07 Å². The maximum atomic E-state index is 6.47. The highest BCUT2D eigenvalue weighted by Crippen LogP contribution is 2.24. The first-order valence-corrected chi connectivity index (χ1v) is 9.27. The third kappa shape index (κ3) is 1.91. The Morgan fingerprint density at radius 2 is 1.88 bits per heavy atom. The molecule has 0 amide bonds. The molecular weight excluding hydrogens is 248 g/mol. The average molecular weight is 267 g/mol. The zero-order valence-electron chi connectivity index (χ0n) is 10.7. The molecule has 0 aromatic carbocycles. The molecule has 2 nitrogen and oxygen atoms in total. The van der Waals surface area contributed by atoms with Crippen LogP contribution in [0.3, 0.4) is 0 Å². The Hall–Kier alpha value is -0.803. The van der Waals surface area contributed by atoms with Gasteiger partial charge in [0.1, 0.15) is 8.07 Å². The van der Waals surface area contributed by atoms with E-state index in [4.69, 9.17) is 11.8 Å². The van der Waals surface area contributed by atoms with E-state index >= 15 is 0 Å². The van der Waals surface area contributed by atoms with E-state index < -0.39 is 8.07 Å². The Morgan fingerprint density at radius 1 is 1.24 bits per heavy atom. The molecule has 0 fully saturated rings. The van der Waals surface area contributed by atoms with E-state index in [1.54, 1.807) is 10.3 Å². The fourth-order valence-electron chi connectivity index (χ4n) is 2.66. The number of nitrogens with zero attached hydrogens (tertiary/aromatic N) is 2. The van der Waals surface area contributed by atoms with Crippen molar-refractivity contribution in [2.45, 2.75) is 38.9 Å². The Bertz CT molecular complexity index is 509. The second-order valence-electron chi connectivity index (χ2n) is 4.57. The largest absolute Gasteiger partial charge is 0.244 e. The number of fused-ring (bicyclic) bond motifs is 1. The van der Waals surface area contributed by atoms with Crippen LogP contribution in [0.4, 0.5) is 0 Å². The van der Waals surface area contributed by atoms with Crippen LogP contribution in [0.25, 0.3) is 11.0 Å². The van der Waals surface area contributed by atoms with Gasteiger partial charge >= 0.3 is 0 Å². The summed E-state index contributed by atoms with van der Waals surface area (Å²) in [6, 6.07) is 10.0. The van der Waals surface area contributed by atoms with Crippen molar-refractivity contribution in [3.8, 4) is 0 Å². The summed E-state index contributed by atoms with van der Waals surface area (Å²) in [5.41, 5.74) is 0.899. The lowest BCUT2D eigenvalue weighted by Crippen LogP contribution is -2.48. The van der Waals surface area contributed by atoms with Crippen molar-refractivity contribution >= 4 is 36.2 Å².